The highest BCUT2D eigenvalue weighted by Gasteiger charge is 2.40. The number of aliphatic carboxylic acids is 3. The Morgan fingerprint density at radius 1 is 0.931 bits per heavy atom. The van der Waals surface area contributed by atoms with Crippen LogP contribution in [0.5, 0.6) is 17.2 Å². The van der Waals surface area contributed by atoms with Gasteiger partial charge in [-0.3, -0.25) is 33.6 Å². The van der Waals surface area contributed by atoms with E-state index < -0.39 is 65.7 Å². The molecule has 2 heterocycles. The fourth-order valence-electron chi connectivity index (χ4n) is 5.65. The van der Waals surface area contributed by atoms with Crippen LogP contribution >= 0.6 is 0 Å². The van der Waals surface area contributed by atoms with Gasteiger partial charge in [-0.15, -0.1) is 0 Å². The molecule has 0 bridgehead atoms. The molecule has 1 atom stereocenters. The maximum Gasteiger partial charge on any atom is 0.336 e. The minimum Gasteiger partial charge on any atom is -0.497 e. The molecule has 0 aliphatic heterocycles. The molecule has 0 radical (unpaired) electrons. The number of amides is 1. The van der Waals surface area contributed by atoms with Gasteiger partial charge in [0.15, 0.2) is 17.2 Å². The van der Waals surface area contributed by atoms with Gasteiger partial charge in [0, 0.05) is 29.4 Å². The van der Waals surface area contributed by atoms with Crippen LogP contribution < -0.4 is 25.7 Å². The summed E-state index contributed by atoms with van der Waals surface area (Å²) in [5.41, 5.74) is -1.84. The Morgan fingerprint density at radius 3 is 2.19 bits per heavy atom. The number of para-hydroxylation sites is 1. The first-order chi connectivity index (χ1) is 27.5. The SMILES string of the molecule is CNCC(=O)O[C@H](C)Cn1c(C)c(C(=O)Nc2ccc(Oc3ccnc4cc(OC)ccc34)c(F)c2)c(=O)n1-c1ccccc1.O=C(O)CC(O)(CC(=O)O)C(=O)O. The summed E-state index contributed by atoms with van der Waals surface area (Å²) in [6.07, 6.45) is -1.35. The second-order valence-electron chi connectivity index (χ2n) is 12.7. The Balaban J connectivity index is 0.000000492. The quantitative estimate of drug-likeness (QED) is 0.0779. The van der Waals surface area contributed by atoms with Gasteiger partial charge in [-0.05, 0) is 63.4 Å². The Bertz CT molecular complexity index is 2360. The van der Waals surface area contributed by atoms with E-state index in [4.69, 9.17) is 34.6 Å². The van der Waals surface area contributed by atoms with E-state index >= 15 is 4.39 Å². The minimum absolute atomic E-state index is 0.0307. The zero-order valence-corrected chi connectivity index (χ0v) is 31.6. The van der Waals surface area contributed by atoms with Crippen molar-refractivity contribution < 1.29 is 63.0 Å². The number of aromatic nitrogens is 3. The molecule has 0 saturated heterocycles. The van der Waals surface area contributed by atoms with Crippen LogP contribution in [-0.2, 0) is 30.5 Å². The molecule has 6 N–H and O–H groups in total. The maximum absolute atomic E-state index is 15.2. The second-order valence-corrected chi connectivity index (χ2v) is 12.7. The molecule has 0 aliphatic carbocycles. The van der Waals surface area contributed by atoms with Crippen LogP contribution in [0.15, 0.2) is 83.8 Å². The minimum atomic E-state index is -2.74. The van der Waals surface area contributed by atoms with Gasteiger partial charge in [-0.1, -0.05) is 18.2 Å². The van der Waals surface area contributed by atoms with E-state index in [2.05, 4.69) is 15.6 Å². The third-order valence-corrected chi connectivity index (χ3v) is 8.31. The lowest BCUT2D eigenvalue weighted by Crippen LogP contribution is -2.42. The molecule has 0 unspecified atom stereocenters. The standard InChI is InChI=1S/C33H32FN5O6.C6H8O7/c1-20(44-30(40)18-35-3)19-38-21(2)31(33(42)39(38)23-8-6-5-7-9-23)32(41)37-22-10-13-29(26(34)16-22)45-28-14-15-36-27-17-24(43-4)11-12-25(27)28;7-3(8)1-6(13,5(11)12)2-4(9)10/h5-17,20,35H,18-19H2,1-4H3,(H,37,41);13H,1-2H2,(H,7,8)(H,9,10)(H,11,12)/t20-;/m1./s1. The number of hydrogen-bond acceptors (Lipinski definition) is 12. The van der Waals surface area contributed by atoms with Crippen molar-refractivity contribution in [1.82, 2.24) is 19.7 Å². The predicted molar refractivity (Wildman–Crippen MR) is 204 cm³/mol. The van der Waals surface area contributed by atoms with E-state index in [0.717, 1.165) is 6.07 Å². The molecule has 306 valence electrons. The first-order valence-corrected chi connectivity index (χ1v) is 17.3. The molecule has 0 fully saturated rings. The smallest absolute Gasteiger partial charge is 0.336 e. The average molecular weight is 806 g/mol. The molecule has 1 amide bonds. The van der Waals surface area contributed by atoms with E-state index in [1.54, 1.807) is 93.5 Å². The number of hydrogen-bond donors (Lipinski definition) is 6. The number of anilines is 1. The number of benzene rings is 3. The lowest BCUT2D eigenvalue weighted by atomic mass is 9.96. The first kappa shape index (κ1) is 43.6. The van der Waals surface area contributed by atoms with Crippen LogP contribution in [0.2, 0.25) is 0 Å². The Labute approximate surface area is 329 Å². The summed E-state index contributed by atoms with van der Waals surface area (Å²) < 4.78 is 34.7. The van der Waals surface area contributed by atoms with Gasteiger partial charge >= 0.3 is 23.9 Å². The molecule has 5 aromatic rings. The molecule has 0 saturated carbocycles. The summed E-state index contributed by atoms with van der Waals surface area (Å²) in [4.78, 5) is 74.0. The van der Waals surface area contributed by atoms with Crippen molar-refractivity contribution in [2.75, 3.05) is 26.0 Å². The highest BCUT2D eigenvalue weighted by Crippen LogP contribution is 2.33. The fourth-order valence-corrected chi connectivity index (χ4v) is 5.65. The van der Waals surface area contributed by atoms with E-state index in [1.165, 1.54) is 16.8 Å². The highest BCUT2D eigenvalue weighted by molar-refractivity contribution is 6.05. The summed E-state index contributed by atoms with van der Waals surface area (Å²) >= 11 is 0. The van der Waals surface area contributed by atoms with Crippen molar-refractivity contribution >= 4 is 46.4 Å². The van der Waals surface area contributed by atoms with Crippen LogP contribution in [0.4, 0.5) is 10.1 Å². The summed E-state index contributed by atoms with van der Waals surface area (Å²) in [5, 5.41) is 39.8. The number of ether oxygens (including phenoxy) is 3. The Hall–Kier alpha value is -7.12. The number of nitrogens with zero attached hydrogens (tertiary/aromatic N) is 3. The summed E-state index contributed by atoms with van der Waals surface area (Å²) in [6.45, 7) is 3.47. The number of carboxylic acid groups (broad SMARTS) is 3. The number of methoxy groups -OCH3 is 1. The zero-order chi connectivity index (χ0) is 42.7. The van der Waals surface area contributed by atoms with Gasteiger partial charge in [0.2, 0.25) is 0 Å². The van der Waals surface area contributed by atoms with Crippen molar-refractivity contribution in [3.8, 4) is 22.9 Å². The highest BCUT2D eigenvalue weighted by atomic mass is 19.1. The van der Waals surface area contributed by atoms with Crippen molar-refractivity contribution in [2.45, 2.75) is 44.9 Å². The van der Waals surface area contributed by atoms with Crippen LogP contribution in [0.1, 0.15) is 35.8 Å². The number of carboxylic acids is 3. The average Bonchev–Trinajstić information content (AvgIpc) is 3.40. The number of pyridine rings is 1. The van der Waals surface area contributed by atoms with Crippen LogP contribution in [-0.4, -0.2) is 97.0 Å². The van der Waals surface area contributed by atoms with Gasteiger partial charge in [0.1, 0.15) is 23.2 Å². The van der Waals surface area contributed by atoms with E-state index in [1.807, 2.05) is 0 Å². The monoisotopic (exact) mass is 805 g/mol. The Morgan fingerprint density at radius 2 is 1.60 bits per heavy atom. The predicted octanol–water partition coefficient (Wildman–Crippen LogP) is 3.59. The normalized spacial score (nSPS) is 11.5. The molecule has 19 heteroatoms. The molecular weight excluding hydrogens is 765 g/mol. The van der Waals surface area contributed by atoms with Gasteiger partial charge in [-0.25, -0.2) is 13.9 Å². The van der Waals surface area contributed by atoms with Gasteiger partial charge < -0.3 is 45.3 Å². The van der Waals surface area contributed by atoms with Gasteiger partial charge in [0.05, 0.1) is 49.9 Å². The first-order valence-electron chi connectivity index (χ1n) is 17.3. The van der Waals surface area contributed by atoms with Crippen LogP contribution in [0.25, 0.3) is 16.6 Å². The zero-order valence-electron chi connectivity index (χ0n) is 31.6. The number of halogens is 1. The molecule has 0 spiro atoms. The number of esters is 1. The molecule has 58 heavy (non-hydrogen) atoms. The Kier molecular flexibility index (Phi) is 14.4. The number of carbonyl (C=O) groups excluding carboxylic acids is 2. The third kappa shape index (κ3) is 10.8. The molecule has 5 rings (SSSR count). The number of rotatable bonds is 16. The molecule has 0 aliphatic rings. The van der Waals surface area contributed by atoms with Crippen LogP contribution in [0.3, 0.4) is 0 Å². The van der Waals surface area contributed by atoms with Gasteiger partial charge in [-0.2, -0.15) is 0 Å². The van der Waals surface area contributed by atoms with Crippen molar-refractivity contribution in [1.29, 1.82) is 0 Å². The van der Waals surface area contributed by atoms with Crippen molar-refractivity contribution in [3.63, 3.8) is 0 Å². The molecule has 2 aromatic heterocycles. The third-order valence-electron chi connectivity index (χ3n) is 8.31. The van der Waals surface area contributed by atoms with Gasteiger partial charge in [0.25, 0.3) is 11.5 Å². The molecular formula is C39H40FN5O13. The molecule has 3 aromatic carbocycles. The number of fused-ring (bicyclic) bond motifs is 1. The van der Waals surface area contributed by atoms with Crippen molar-refractivity contribution in [2.24, 2.45) is 0 Å². The van der Waals surface area contributed by atoms with Crippen LogP contribution in [0, 0.1) is 12.7 Å². The maximum atomic E-state index is 15.2. The summed E-state index contributed by atoms with van der Waals surface area (Å²) in [7, 11) is 3.19. The number of nitrogens with one attached hydrogen (secondary N) is 2. The fraction of sp³-hybridized carbons (Fsp3) is 0.256. The largest absolute Gasteiger partial charge is 0.497 e. The number of carbonyl (C=O) groups is 5. The lowest BCUT2D eigenvalue weighted by Gasteiger charge is -2.18. The second kappa shape index (κ2) is 19.2. The topological polar surface area (TPSA) is 258 Å². The number of aliphatic hydroxyl groups is 1. The van der Waals surface area contributed by atoms with E-state index in [9.17, 15) is 28.8 Å². The van der Waals surface area contributed by atoms with Crippen molar-refractivity contribution in [3.05, 3.63) is 106 Å². The summed E-state index contributed by atoms with van der Waals surface area (Å²) in [5.74, 6) is -5.96. The number of likely N-dealkylation sites (N-methyl/N-ethyl adjacent to an activating group) is 1. The van der Waals surface area contributed by atoms with E-state index in [-0.39, 0.29) is 30.1 Å². The molecule has 18 nitrogen and oxygen atoms in total. The lowest BCUT2D eigenvalue weighted by molar-refractivity contribution is -0.170. The van der Waals surface area contributed by atoms with E-state index in [0.29, 0.717) is 33.8 Å². The summed E-state index contributed by atoms with van der Waals surface area (Å²) in [6, 6.07) is 19.7.